The van der Waals surface area contributed by atoms with E-state index >= 15 is 0 Å². The lowest BCUT2D eigenvalue weighted by Crippen LogP contribution is -2.32. The number of carbonyl (C=O) groups is 6. The van der Waals surface area contributed by atoms with Crippen molar-refractivity contribution in [3.05, 3.63) is 0 Å². The Balaban J connectivity index is -0.0000000231. The number of carbonyl (C=O) groups excluding carboxylic acids is 6. The maximum atomic E-state index is 9.28. The highest BCUT2D eigenvalue weighted by molar-refractivity contribution is 5.87. The van der Waals surface area contributed by atoms with Crippen LogP contribution in [0.4, 0.5) is 0 Å². The molecular weight excluding hydrogens is 384 g/mol. The van der Waals surface area contributed by atoms with Crippen molar-refractivity contribution in [2.75, 3.05) is 0 Å². The highest BCUT2D eigenvalue weighted by Crippen LogP contribution is 1.67. The zero-order chi connectivity index (χ0) is 17.6. The lowest BCUT2D eigenvalue weighted by Gasteiger charge is -1.99. The monoisotopic (exact) mass is 414 g/mol. The van der Waals surface area contributed by atoms with E-state index in [-0.39, 0.29) is 36.9 Å². The highest BCUT2D eigenvalue weighted by atomic mass is 16.4. The van der Waals surface area contributed by atoms with Crippen LogP contribution < -0.4 is 67.5 Å². The van der Waals surface area contributed by atoms with E-state index in [4.69, 9.17) is 0 Å². The van der Waals surface area contributed by atoms with Gasteiger partial charge in [-0.05, 0) is 0 Å². The summed E-state index contributed by atoms with van der Waals surface area (Å²) in [4.78, 5) is 55.7. The van der Waals surface area contributed by atoms with Gasteiger partial charge in [-0.25, -0.2) is 0 Å². The average Bonchev–Trinajstić information content (AvgIpc) is 2.10. The number of hydrogen-bond donors (Lipinski definition) is 6. The number of carboxylic acid groups (broad SMARTS) is 6. The van der Waals surface area contributed by atoms with E-state index in [2.05, 4.69) is 0 Å². The molecule has 0 fully saturated rings. The van der Waals surface area contributed by atoms with E-state index in [1.165, 1.54) is 0 Å². The second-order valence-electron chi connectivity index (χ2n) is 2.76. The van der Waals surface area contributed by atoms with Crippen molar-refractivity contribution in [2.45, 2.75) is 19.3 Å². The van der Waals surface area contributed by atoms with Gasteiger partial charge in [0.05, 0.1) is 0 Å². The molecule has 0 bridgehead atoms. The van der Waals surface area contributed by atoms with Gasteiger partial charge in [0.2, 0.25) is 0 Å². The van der Waals surface area contributed by atoms with Crippen molar-refractivity contribution in [3.63, 3.8) is 0 Å². The number of hydrogen-bond acceptors (Lipinski definition) is 12. The van der Waals surface area contributed by atoms with Gasteiger partial charge in [-0.2, -0.15) is 0 Å². The van der Waals surface area contributed by atoms with Crippen molar-refractivity contribution >= 4 is 35.8 Å². The van der Waals surface area contributed by atoms with Gasteiger partial charge in [-0.15, -0.1) is 0 Å². The minimum atomic E-state index is -1.63. The van der Waals surface area contributed by atoms with Crippen LogP contribution >= 0.6 is 0 Å². The molecule has 0 saturated heterocycles. The van der Waals surface area contributed by atoms with Gasteiger partial charge < -0.3 is 96.3 Å². The average molecular weight is 414 g/mol. The summed E-state index contributed by atoms with van der Waals surface area (Å²) in [6.45, 7) is 0. The minimum Gasteiger partial charge on any atom is -0.550 e. The molecule has 0 radical (unpaired) electrons. The molecule has 0 saturated carbocycles. The lowest BCUT2D eigenvalue weighted by molar-refractivity contribution is -0.325. The van der Waals surface area contributed by atoms with Gasteiger partial charge >= 0.3 is 0 Å². The van der Waals surface area contributed by atoms with Crippen molar-refractivity contribution < 1.29 is 59.4 Å². The standard InChI is InChI=1S/3C3H4O4.6H3N/c3*4-2(5)1-3(6)7;;;;;;/h3*1H2,(H,4,5)(H,6,7);6*1H3. The van der Waals surface area contributed by atoms with Crippen LogP contribution in [-0.4, -0.2) is 35.8 Å². The molecule has 0 aliphatic rings. The molecule has 0 spiro atoms. The van der Waals surface area contributed by atoms with Crippen molar-refractivity contribution in [1.29, 1.82) is 0 Å². The van der Waals surface area contributed by atoms with Crippen molar-refractivity contribution in [3.8, 4) is 0 Å². The predicted molar refractivity (Wildman–Crippen MR) is 79.8 cm³/mol. The molecule has 0 unspecified atom stereocenters. The summed E-state index contributed by atoms with van der Waals surface area (Å²) in [5, 5.41) is 55.7. The van der Waals surface area contributed by atoms with Crippen molar-refractivity contribution in [1.82, 2.24) is 36.9 Å². The van der Waals surface area contributed by atoms with Gasteiger partial charge in [0.15, 0.2) is 0 Å². The summed E-state index contributed by atoms with van der Waals surface area (Å²) in [5.41, 5.74) is 0. The van der Waals surface area contributed by atoms with Crippen molar-refractivity contribution in [2.24, 2.45) is 0 Å². The lowest BCUT2D eigenvalue weighted by atomic mass is 10.5. The third kappa shape index (κ3) is 130. The van der Waals surface area contributed by atoms with E-state index in [9.17, 15) is 59.4 Å². The Morgan fingerprint density at radius 1 is 0.333 bits per heavy atom. The molecule has 0 aromatic rings. The summed E-state index contributed by atoms with van der Waals surface area (Å²) < 4.78 is 0. The molecule has 168 valence electrons. The predicted octanol–water partition coefficient (Wildman–Crippen LogP) is -7.11. The Hall–Kier alpha value is -3.42. The smallest absolute Gasteiger partial charge is 0.0470 e. The molecule has 0 aromatic carbocycles. The quantitative estimate of drug-likeness (QED) is 0.220. The van der Waals surface area contributed by atoms with Gasteiger partial charge in [0, 0.05) is 55.1 Å². The van der Waals surface area contributed by atoms with E-state index in [1.807, 2.05) is 0 Å². The van der Waals surface area contributed by atoms with E-state index < -0.39 is 55.1 Å². The summed E-state index contributed by atoms with van der Waals surface area (Å²) in [6.07, 6.45) is -3.08. The Morgan fingerprint density at radius 3 is 0.407 bits per heavy atom. The van der Waals surface area contributed by atoms with Crippen LogP contribution in [0.2, 0.25) is 0 Å². The molecule has 0 aliphatic heterocycles. The minimum absolute atomic E-state index is 0. The van der Waals surface area contributed by atoms with Gasteiger partial charge in [0.1, 0.15) is 0 Å². The zero-order valence-corrected chi connectivity index (χ0v) is 16.0. The number of carboxylic acids is 6. The summed E-state index contributed by atoms with van der Waals surface area (Å²) >= 11 is 0. The maximum absolute atomic E-state index is 9.28. The Kier molecular flexibility index (Phi) is 71.3. The van der Waals surface area contributed by atoms with E-state index in [1.54, 1.807) is 0 Å². The number of rotatable bonds is 6. The van der Waals surface area contributed by atoms with Crippen LogP contribution in [0, 0.1) is 0 Å². The first-order valence-electron chi connectivity index (χ1n) is 4.57. The van der Waals surface area contributed by atoms with Crippen LogP contribution in [0.25, 0.3) is 0 Å². The van der Waals surface area contributed by atoms with Crippen LogP contribution in [0.5, 0.6) is 0 Å². The van der Waals surface area contributed by atoms with Crippen LogP contribution in [-0.2, 0) is 28.8 Å². The fraction of sp³-hybridized carbons (Fsp3) is 0.333. The molecule has 0 aliphatic carbocycles. The first-order chi connectivity index (χ1) is 9.38. The van der Waals surface area contributed by atoms with E-state index in [0.29, 0.717) is 0 Å². The number of quaternary nitrogens is 6. The zero-order valence-electron chi connectivity index (χ0n) is 16.0. The van der Waals surface area contributed by atoms with E-state index in [0.717, 1.165) is 0 Å². The third-order valence-corrected chi connectivity index (χ3v) is 0.866. The molecule has 0 rings (SSSR count). The molecule has 27 heavy (non-hydrogen) atoms. The largest absolute Gasteiger partial charge is 0.550 e. The highest BCUT2D eigenvalue weighted by Gasteiger charge is 1.82. The normalized spacial score (nSPS) is 6.22. The molecule has 0 amide bonds. The van der Waals surface area contributed by atoms with Gasteiger partial charge in [-0.3, -0.25) is 0 Å². The fourth-order valence-electron chi connectivity index (χ4n) is 0.354. The first kappa shape index (κ1) is 56.6. The number of aliphatic carboxylic acids is 6. The van der Waals surface area contributed by atoms with Crippen LogP contribution in [0.1, 0.15) is 19.3 Å². The third-order valence-electron chi connectivity index (χ3n) is 0.866. The van der Waals surface area contributed by atoms with Gasteiger partial charge in [0.25, 0.3) is 0 Å². The van der Waals surface area contributed by atoms with Gasteiger partial charge in [-0.1, -0.05) is 0 Å². The second-order valence-corrected chi connectivity index (χ2v) is 2.76. The van der Waals surface area contributed by atoms with Crippen LogP contribution in [0.15, 0.2) is 0 Å². The maximum Gasteiger partial charge on any atom is 0.0470 e. The molecule has 0 aromatic heterocycles. The molecular formula is C9H30N6O12. The topological polar surface area (TPSA) is 460 Å². The second kappa shape index (κ2) is 34.0. The molecule has 18 nitrogen and oxygen atoms in total. The first-order valence-corrected chi connectivity index (χ1v) is 4.57. The molecule has 24 N–H and O–H groups in total. The Morgan fingerprint density at radius 2 is 0.407 bits per heavy atom. The summed E-state index contributed by atoms with van der Waals surface area (Å²) in [6, 6.07) is 0. The molecule has 0 heterocycles. The molecule has 0 atom stereocenters. The summed E-state index contributed by atoms with van der Waals surface area (Å²) in [5.74, 6) is -9.75. The SMILES string of the molecule is O=C([O-])CC(=O)[O-].O=C([O-])CC(=O)[O-].O=C([O-])CC(=O)[O-].[NH4+].[NH4+].[NH4+].[NH4+].[NH4+].[NH4+]. The fourth-order valence-corrected chi connectivity index (χ4v) is 0.354. The van der Waals surface area contributed by atoms with Crippen LogP contribution in [0.3, 0.4) is 0 Å². The molecule has 18 heteroatoms. The summed E-state index contributed by atoms with van der Waals surface area (Å²) in [7, 11) is 0. The Bertz CT molecular complexity index is 332. The Labute approximate surface area is 152 Å².